The fourth-order valence-corrected chi connectivity index (χ4v) is 3.55. The van der Waals surface area contributed by atoms with Gasteiger partial charge in [-0.1, -0.05) is 42.0 Å². The smallest absolute Gasteiger partial charge is 0.112 e. The van der Waals surface area contributed by atoms with E-state index in [1.165, 1.54) is 36.0 Å². The van der Waals surface area contributed by atoms with Crippen molar-refractivity contribution >= 4 is 0 Å². The van der Waals surface area contributed by atoms with E-state index in [1.807, 2.05) is 6.92 Å². The van der Waals surface area contributed by atoms with Crippen LogP contribution in [0.25, 0.3) is 0 Å². The fraction of sp³-hybridized carbons (Fsp3) is 0.400. The van der Waals surface area contributed by atoms with Crippen molar-refractivity contribution in [3.63, 3.8) is 0 Å². The summed E-state index contributed by atoms with van der Waals surface area (Å²) < 4.78 is 0. The lowest BCUT2D eigenvalue weighted by molar-refractivity contribution is 0.101. The quantitative estimate of drug-likeness (QED) is 0.862. The van der Waals surface area contributed by atoms with Crippen LogP contribution in [0.3, 0.4) is 0 Å². The maximum atomic E-state index is 11.1. The highest BCUT2D eigenvalue weighted by Gasteiger charge is 2.28. The van der Waals surface area contributed by atoms with Crippen molar-refractivity contribution in [2.45, 2.75) is 52.1 Å². The van der Waals surface area contributed by atoms with Gasteiger partial charge in [0.2, 0.25) is 0 Å². The molecule has 1 aliphatic rings. The van der Waals surface area contributed by atoms with Crippen molar-refractivity contribution in [3.05, 3.63) is 69.8 Å². The van der Waals surface area contributed by atoms with Gasteiger partial charge in [-0.05, 0) is 74.3 Å². The Morgan fingerprint density at radius 3 is 2.33 bits per heavy atom. The Bertz CT molecular complexity index is 668. The third-order valence-corrected chi connectivity index (χ3v) is 4.82. The lowest BCUT2D eigenvalue weighted by Gasteiger charge is -2.28. The number of hydrogen-bond acceptors (Lipinski definition) is 1. The number of rotatable bonds is 2. The van der Waals surface area contributed by atoms with Gasteiger partial charge in [0.05, 0.1) is 0 Å². The average Bonchev–Trinajstić information content (AvgIpc) is 2.46. The maximum absolute atomic E-state index is 11.1. The molecule has 1 nitrogen and oxygen atoms in total. The molecule has 3 rings (SSSR count). The molecular formula is C20H24O. The SMILES string of the molecule is Cc1ccc(C(C)(O)c2ccc3c(c2)CCCC3)c(C)c1. The first-order valence-electron chi connectivity index (χ1n) is 7.91. The standard InChI is InChI=1S/C20H24O/c1-14-8-11-19(15(2)12-14)20(3,21)18-10-9-16-6-4-5-7-17(16)13-18/h8-13,21H,4-7H2,1-3H3. The highest BCUT2D eigenvalue weighted by Crippen LogP contribution is 2.34. The Morgan fingerprint density at radius 2 is 1.62 bits per heavy atom. The van der Waals surface area contributed by atoms with E-state index in [4.69, 9.17) is 0 Å². The molecule has 0 aromatic heterocycles. The third kappa shape index (κ3) is 2.63. The molecule has 0 saturated carbocycles. The number of aryl methyl sites for hydroxylation is 4. The van der Waals surface area contributed by atoms with Crippen LogP contribution in [0.4, 0.5) is 0 Å². The monoisotopic (exact) mass is 280 g/mol. The molecule has 0 aliphatic heterocycles. The largest absolute Gasteiger partial charge is 0.381 e. The zero-order chi connectivity index (χ0) is 15.0. The van der Waals surface area contributed by atoms with E-state index in [0.29, 0.717) is 0 Å². The van der Waals surface area contributed by atoms with Crippen molar-refractivity contribution in [2.75, 3.05) is 0 Å². The van der Waals surface area contributed by atoms with Crippen molar-refractivity contribution in [3.8, 4) is 0 Å². The number of aliphatic hydroxyl groups is 1. The van der Waals surface area contributed by atoms with Crippen LogP contribution in [0.1, 0.15) is 53.1 Å². The molecular weight excluding hydrogens is 256 g/mol. The molecule has 1 atom stereocenters. The Labute approximate surface area is 127 Å². The van der Waals surface area contributed by atoms with Gasteiger partial charge in [0.1, 0.15) is 5.60 Å². The first-order chi connectivity index (χ1) is 9.98. The Balaban J connectivity index is 2.05. The molecule has 0 spiro atoms. The molecule has 21 heavy (non-hydrogen) atoms. The second-order valence-corrected chi connectivity index (χ2v) is 6.58. The van der Waals surface area contributed by atoms with E-state index < -0.39 is 5.60 Å². The molecule has 1 aliphatic carbocycles. The van der Waals surface area contributed by atoms with Gasteiger partial charge in [0.15, 0.2) is 0 Å². The van der Waals surface area contributed by atoms with Crippen molar-refractivity contribution in [1.29, 1.82) is 0 Å². The lowest BCUT2D eigenvalue weighted by atomic mass is 9.82. The summed E-state index contributed by atoms with van der Waals surface area (Å²) in [5.74, 6) is 0. The zero-order valence-corrected chi connectivity index (χ0v) is 13.2. The van der Waals surface area contributed by atoms with E-state index in [0.717, 1.165) is 23.1 Å². The molecule has 0 radical (unpaired) electrons. The van der Waals surface area contributed by atoms with E-state index in [9.17, 15) is 5.11 Å². The van der Waals surface area contributed by atoms with Gasteiger partial charge >= 0.3 is 0 Å². The fourth-order valence-electron chi connectivity index (χ4n) is 3.55. The van der Waals surface area contributed by atoms with E-state index >= 15 is 0 Å². The second kappa shape index (κ2) is 5.31. The summed E-state index contributed by atoms with van der Waals surface area (Å²) in [6, 6.07) is 12.8. The topological polar surface area (TPSA) is 20.2 Å². The second-order valence-electron chi connectivity index (χ2n) is 6.58. The van der Waals surface area contributed by atoms with Gasteiger partial charge in [-0.2, -0.15) is 0 Å². The van der Waals surface area contributed by atoms with Gasteiger partial charge in [0.25, 0.3) is 0 Å². The molecule has 0 amide bonds. The summed E-state index contributed by atoms with van der Waals surface area (Å²) in [6.45, 7) is 6.08. The van der Waals surface area contributed by atoms with E-state index in [1.54, 1.807) is 0 Å². The highest BCUT2D eigenvalue weighted by atomic mass is 16.3. The Hall–Kier alpha value is -1.60. The van der Waals surface area contributed by atoms with E-state index in [2.05, 4.69) is 50.2 Å². The minimum Gasteiger partial charge on any atom is -0.381 e. The highest BCUT2D eigenvalue weighted by molar-refractivity contribution is 5.44. The van der Waals surface area contributed by atoms with Crippen LogP contribution in [-0.2, 0) is 18.4 Å². The number of hydrogen-bond donors (Lipinski definition) is 1. The van der Waals surface area contributed by atoms with Gasteiger partial charge in [-0.25, -0.2) is 0 Å². The molecule has 2 aromatic carbocycles. The summed E-state index contributed by atoms with van der Waals surface area (Å²) in [5, 5.41) is 11.1. The van der Waals surface area contributed by atoms with Crippen LogP contribution in [0.15, 0.2) is 36.4 Å². The van der Waals surface area contributed by atoms with Crippen LogP contribution >= 0.6 is 0 Å². The normalized spacial score (nSPS) is 17.1. The molecule has 0 bridgehead atoms. The van der Waals surface area contributed by atoms with Crippen molar-refractivity contribution in [2.24, 2.45) is 0 Å². The Morgan fingerprint density at radius 1 is 0.905 bits per heavy atom. The molecule has 1 N–H and O–H groups in total. The minimum atomic E-state index is -0.926. The molecule has 110 valence electrons. The van der Waals surface area contributed by atoms with E-state index in [-0.39, 0.29) is 0 Å². The molecule has 0 saturated heterocycles. The maximum Gasteiger partial charge on any atom is 0.112 e. The summed E-state index contributed by atoms with van der Waals surface area (Å²) in [5.41, 5.74) is 6.35. The predicted octanol–water partition coefficient (Wildman–Crippen LogP) is 4.44. The van der Waals surface area contributed by atoms with Crippen LogP contribution in [0, 0.1) is 13.8 Å². The van der Waals surface area contributed by atoms with Crippen molar-refractivity contribution in [1.82, 2.24) is 0 Å². The van der Waals surface area contributed by atoms with Gasteiger partial charge in [-0.15, -0.1) is 0 Å². The average molecular weight is 280 g/mol. The Kier molecular flexibility index (Phi) is 3.62. The molecule has 1 heteroatoms. The zero-order valence-electron chi connectivity index (χ0n) is 13.2. The van der Waals surface area contributed by atoms with Crippen LogP contribution in [-0.4, -0.2) is 5.11 Å². The molecule has 0 fully saturated rings. The summed E-state index contributed by atoms with van der Waals surface area (Å²) in [6.07, 6.45) is 4.88. The summed E-state index contributed by atoms with van der Waals surface area (Å²) >= 11 is 0. The predicted molar refractivity (Wildman–Crippen MR) is 87.7 cm³/mol. The summed E-state index contributed by atoms with van der Waals surface area (Å²) in [7, 11) is 0. The van der Waals surface area contributed by atoms with Crippen molar-refractivity contribution < 1.29 is 5.11 Å². The molecule has 1 unspecified atom stereocenters. The first kappa shape index (κ1) is 14.3. The first-order valence-corrected chi connectivity index (χ1v) is 7.91. The van der Waals surface area contributed by atoms with Crippen LogP contribution < -0.4 is 0 Å². The van der Waals surface area contributed by atoms with Crippen LogP contribution in [0.2, 0.25) is 0 Å². The van der Waals surface area contributed by atoms with Gasteiger partial charge in [0, 0.05) is 0 Å². The minimum absolute atomic E-state index is 0.926. The van der Waals surface area contributed by atoms with Crippen LogP contribution in [0.5, 0.6) is 0 Å². The summed E-state index contributed by atoms with van der Waals surface area (Å²) in [4.78, 5) is 0. The molecule has 0 heterocycles. The third-order valence-electron chi connectivity index (χ3n) is 4.82. The molecule has 2 aromatic rings. The van der Waals surface area contributed by atoms with Gasteiger partial charge < -0.3 is 5.11 Å². The number of fused-ring (bicyclic) bond motifs is 1. The number of benzene rings is 2. The van der Waals surface area contributed by atoms with Gasteiger partial charge in [-0.3, -0.25) is 0 Å². The lowest BCUT2D eigenvalue weighted by Crippen LogP contribution is -2.24.